The molecule has 22 heavy (non-hydrogen) atoms. The zero-order valence-corrected chi connectivity index (χ0v) is 12.2. The number of hydrogen-bond acceptors (Lipinski definition) is 5. The van der Waals surface area contributed by atoms with E-state index in [1.165, 1.54) is 13.0 Å². The first-order valence-electron chi connectivity index (χ1n) is 7.03. The van der Waals surface area contributed by atoms with Crippen molar-refractivity contribution in [1.82, 2.24) is 0 Å². The normalized spacial score (nSPS) is 18.1. The average Bonchev–Trinajstić information content (AvgIpc) is 2.48. The highest BCUT2D eigenvalue weighted by molar-refractivity contribution is 5.92. The highest BCUT2D eigenvalue weighted by atomic mass is 19.1. The number of rotatable bonds is 4. The van der Waals surface area contributed by atoms with Crippen LogP contribution >= 0.6 is 0 Å². The van der Waals surface area contributed by atoms with Crippen LogP contribution in [0.15, 0.2) is 12.1 Å². The van der Waals surface area contributed by atoms with Crippen LogP contribution in [0.3, 0.4) is 0 Å². The van der Waals surface area contributed by atoms with E-state index in [1.54, 1.807) is 4.90 Å². The summed E-state index contributed by atoms with van der Waals surface area (Å²) < 4.78 is 14.2. The van der Waals surface area contributed by atoms with Crippen LogP contribution in [-0.4, -0.2) is 35.6 Å². The Morgan fingerprint density at radius 2 is 2.32 bits per heavy atom. The van der Waals surface area contributed by atoms with Gasteiger partial charge in [-0.2, -0.15) is 0 Å². The van der Waals surface area contributed by atoms with Gasteiger partial charge in [-0.05, 0) is 24.8 Å². The van der Waals surface area contributed by atoms with Crippen LogP contribution < -0.4 is 10.2 Å². The lowest BCUT2D eigenvalue weighted by Gasteiger charge is -2.34. The van der Waals surface area contributed by atoms with Crippen molar-refractivity contribution >= 4 is 23.0 Å². The van der Waals surface area contributed by atoms with Gasteiger partial charge >= 0.3 is 0 Å². The number of piperidine rings is 1. The number of aliphatic hydroxyl groups is 1. The number of nitro benzene ring substituents is 1. The molecule has 0 unspecified atom stereocenters. The molecule has 1 aliphatic heterocycles. The first kappa shape index (κ1) is 16.2. The monoisotopic (exact) mass is 311 g/mol. The summed E-state index contributed by atoms with van der Waals surface area (Å²) in [6.07, 6.45) is 1.66. The Labute approximate surface area is 126 Å². The summed E-state index contributed by atoms with van der Waals surface area (Å²) in [6, 6.07) is 2.11. The molecule has 120 valence electrons. The number of amides is 1. The van der Waals surface area contributed by atoms with E-state index in [4.69, 9.17) is 0 Å². The Bertz CT molecular complexity index is 594. The first-order valence-corrected chi connectivity index (χ1v) is 7.03. The predicted octanol–water partition coefficient (Wildman–Crippen LogP) is 1.90. The van der Waals surface area contributed by atoms with Crippen LogP contribution in [-0.2, 0) is 4.79 Å². The van der Waals surface area contributed by atoms with E-state index in [2.05, 4.69) is 5.32 Å². The van der Waals surface area contributed by atoms with Gasteiger partial charge in [0, 0.05) is 26.6 Å². The molecule has 1 aromatic rings. The van der Waals surface area contributed by atoms with E-state index in [9.17, 15) is 24.4 Å². The summed E-state index contributed by atoms with van der Waals surface area (Å²) in [5, 5.41) is 22.6. The van der Waals surface area contributed by atoms with E-state index < -0.39 is 22.3 Å². The number of carbonyl (C=O) groups is 1. The number of benzene rings is 1. The van der Waals surface area contributed by atoms with Gasteiger partial charge in [-0.15, -0.1) is 0 Å². The minimum atomic E-state index is -0.731. The molecular weight excluding hydrogens is 293 g/mol. The van der Waals surface area contributed by atoms with Crippen molar-refractivity contribution in [3.8, 4) is 0 Å². The number of aliphatic hydroxyl groups excluding tert-OH is 1. The number of halogens is 1. The molecule has 0 bridgehead atoms. The third-order valence-corrected chi connectivity index (χ3v) is 3.69. The molecule has 1 amide bonds. The Morgan fingerprint density at radius 3 is 2.91 bits per heavy atom. The lowest BCUT2D eigenvalue weighted by molar-refractivity contribution is -0.384. The van der Waals surface area contributed by atoms with Gasteiger partial charge in [-0.25, -0.2) is 4.39 Å². The topological polar surface area (TPSA) is 95.7 Å². The van der Waals surface area contributed by atoms with Crippen molar-refractivity contribution in [1.29, 1.82) is 0 Å². The maximum Gasteiger partial charge on any atom is 0.295 e. The largest absolute Gasteiger partial charge is 0.396 e. The molecule has 0 aliphatic carbocycles. The van der Waals surface area contributed by atoms with E-state index in [0.717, 1.165) is 18.9 Å². The zero-order valence-electron chi connectivity index (χ0n) is 12.2. The SMILES string of the molecule is CC(=O)Nc1cc(N2CCC[C@H](CO)C2)c(F)cc1[N+](=O)[O-]. The Morgan fingerprint density at radius 1 is 1.59 bits per heavy atom. The number of carbonyl (C=O) groups excluding carboxylic acids is 1. The molecule has 0 saturated carbocycles. The molecule has 1 fully saturated rings. The molecule has 2 rings (SSSR count). The van der Waals surface area contributed by atoms with E-state index >= 15 is 0 Å². The maximum absolute atomic E-state index is 14.2. The minimum absolute atomic E-state index is 0.0175. The maximum atomic E-state index is 14.2. The summed E-state index contributed by atoms with van der Waals surface area (Å²) in [4.78, 5) is 23.2. The van der Waals surface area contributed by atoms with Gasteiger partial charge < -0.3 is 15.3 Å². The second kappa shape index (κ2) is 6.69. The fraction of sp³-hybridized carbons (Fsp3) is 0.500. The predicted molar refractivity (Wildman–Crippen MR) is 79.4 cm³/mol. The number of anilines is 2. The Hall–Kier alpha value is -2.22. The highest BCUT2D eigenvalue weighted by Gasteiger charge is 2.25. The van der Waals surface area contributed by atoms with Crippen LogP contribution in [0.5, 0.6) is 0 Å². The molecule has 1 aliphatic rings. The van der Waals surface area contributed by atoms with Crippen LogP contribution in [0.2, 0.25) is 0 Å². The summed E-state index contributed by atoms with van der Waals surface area (Å²) in [5.41, 5.74) is -0.306. The fourth-order valence-corrected chi connectivity index (χ4v) is 2.67. The van der Waals surface area contributed by atoms with Gasteiger partial charge in [0.15, 0.2) is 5.82 Å². The summed E-state index contributed by atoms with van der Waals surface area (Å²) in [6.45, 7) is 2.33. The van der Waals surface area contributed by atoms with Crippen molar-refractivity contribution in [3.63, 3.8) is 0 Å². The minimum Gasteiger partial charge on any atom is -0.396 e. The molecule has 0 radical (unpaired) electrons. The van der Waals surface area contributed by atoms with Crippen molar-refractivity contribution < 1.29 is 19.2 Å². The number of hydrogen-bond donors (Lipinski definition) is 2. The molecule has 1 saturated heterocycles. The van der Waals surface area contributed by atoms with Crippen molar-refractivity contribution in [2.75, 3.05) is 29.9 Å². The number of nitrogens with one attached hydrogen (secondary N) is 1. The molecule has 1 aromatic carbocycles. The van der Waals surface area contributed by atoms with Gasteiger partial charge in [0.1, 0.15) is 5.69 Å². The lowest BCUT2D eigenvalue weighted by atomic mass is 9.98. The second-order valence-electron chi connectivity index (χ2n) is 5.40. The summed E-state index contributed by atoms with van der Waals surface area (Å²) in [7, 11) is 0. The van der Waals surface area contributed by atoms with E-state index in [1.807, 2.05) is 0 Å². The highest BCUT2D eigenvalue weighted by Crippen LogP contribution is 2.34. The van der Waals surface area contributed by atoms with E-state index in [-0.39, 0.29) is 23.9 Å². The quantitative estimate of drug-likeness (QED) is 0.654. The molecule has 0 aromatic heterocycles. The van der Waals surface area contributed by atoms with Gasteiger partial charge in [0.2, 0.25) is 5.91 Å². The fourth-order valence-electron chi connectivity index (χ4n) is 2.67. The zero-order chi connectivity index (χ0) is 16.3. The molecule has 0 spiro atoms. The van der Waals surface area contributed by atoms with Crippen molar-refractivity contribution in [3.05, 3.63) is 28.1 Å². The lowest BCUT2D eigenvalue weighted by Crippen LogP contribution is -2.37. The van der Waals surface area contributed by atoms with Crippen molar-refractivity contribution in [2.24, 2.45) is 5.92 Å². The van der Waals surface area contributed by atoms with Gasteiger partial charge in [0.05, 0.1) is 16.7 Å². The Balaban J connectivity index is 2.38. The van der Waals surface area contributed by atoms with Crippen molar-refractivity contribution in [2.45, 2.75) is 19.8 Å². The Kier molecular flexibility index (Phi) is 4.92. The standard InChI is InChI=1S/C14H18FN3O4/c1-9(20)16-12-6-13(11(15)5-14(12)18(21)22)17-4-2-3-10(7-17)8-19/h5-6,10,19H,2-4,7-8H2,1H3,(H,16,20)/t10-/m0/s1. The van der Waals surface area contributed by atoms with Crippen LogP contribution in [0.1, 0.15) is 19.8 Å². The van der Waals surface area contributed by atoms with E-state index in [0.29, 0.717) is 13.1 Å². The van der Waals surface area contributed by atoms with Crippen LogP contribution in [0, 0.1) is 21.8 Å². The number of nitrogens with zero attached hydrogens (tertiary/aromatic N) is 2. The average molecular weight is 311 g/mol. The molecule has 1 atom stereocenters. The number of nitro groups is 1. The molecule has 1 heterocycles. The molecule has 8 heteroatoms. The first-order chi connectivity index (χ1) is 10.4. The molecule has 2 N–H and O–H groups in total. The molecular formula is C14H18FN3O4. The summed E-state index contributed by atoms with van der Waals surface area (Å²) >= 11 is 0. The summed E-state index contributed by atoms with van der Waals surface area (Å²) in [5.74, 6) is -1.13. The van der Waals surface area contributed by atoms with Crippen LogP contribution in [0.4, 0.5) is 21.5 Å². The third-order valence-electron chi connectivity index (χ3n) is 3.69. The van der Waals surface area contributed by atoms with Gasteiger partial charge in [-0.1, -0.05) is 0 Å². The van der Waals surface area contributed by atoms with Gasteiger partial charge in [-0.3, -0.25) is 14.9 Å². The van der Waals surface area contributed by atoms with Gasteiger partial charge in [0.25, 0.3) is 5.69 Å². The molecule has 7 nitrogen and oxygen atoms in total. The van der Waals surface area contributed by atoms with Crippen LogP contribution in [0.25, 0.3) is 0 Å². The second-order valence-corrected chi connectivity index (χ2v) is 5.40. The third kappa shape index (κ3) is 3.51. The smallest absolute Gasteiger partial charge is 0.295 e.